The van der Waals surface area contributed by atoms with E-state index in [-0.39, 0.29) is 34.8 Å². The monoisotopic (exact) mass is 429 g/mol. The molecule has 3 atom stereocenters. The van der Waals surface area contributed by atoms with E-state index in [0.29, 0.717) is 30.1 Å². The Morgan fingerprint density at radius 3 is 3.00 bits per heavy atom. The Bertz CT molecular complexity index is 932. The van der Waals surface area contributed by atoms with Crippen molar-refractivity contribution in [2.75, 3.05) is 25.9 Å². The topological polar surface area (TPSA) is 85.8 Å². The van der Waals surface area contributed by atoms with E-state index in [1.165, 1.54) is 6.07 Å². The minimum absolute atomic E-state index is 0.0849. The van der Waals surface area contributed by atoms with Crippen molar-refractivity contribution in [3.63, 3.8) is 0 Å². The highest BCUT2D eigenvalue weighted by molar-refractivity contribution is 8.00. The highest BCUT2D eigenvalue weighted by Crippen LogP contribution is 2.24. The lowest BCUT2D eigenvalue weighted by Gasteiger charge is -2.32. The Labute approximate surface area is 178 Å². The van der Waals surface area contributed by atoms with Gasteiger partial charge in [-0.05, 0) is 18.2 Å². The molecular formula is C21H24FN5O2S. The third kappa shape index (κ3) is 4.41. The molecule has 2 heterocycles. The molecule has 3 aliphatic rings. The molecule has 1 saturated heterocycles. The SMILES string of the molecule is CNC(=O)C1=NNC2C=CC(NC(=O)C3CN(Cc4ccccc4F)CCS3)=CC12. The quantitative estimate of drug-likeness (QED) is 0.650. The highest BCUT2D eigenvalue weighted by atomic mass is 32.2. The van der Waals surface area contributed by atoms with E-state index in [2.05, 4.69) is 26.1 Å². The van der Waals surface area contributed by atoms with Crippen LogP contribution in [-0.4, -0.2) is 59.6 Å². The number of benzene rings is 1. The summed E-state index contributed by atoms with van der Waals surface area (Å²) in [5.74, 6) is 0.0453. The lowest BCUT2D eigenvalue weighted by Crippen LogP contribution is -2.45. The Kier molecular flexibility index (Phi) is 6.19. The molecule has 0 bridgehead atoms. The van der Waals surface area contributed by atoms with Gasteiger partial charge in [0.15, 0.2) is 0 Å². The number of hydrogen-bond donors (Lipinski definition) is 3. The normalized spacial score (nSPS) is 25.6. The van der Waals surface area contributed by atoms with Crippen LogP contribution in [0, 0.1) is 11.7 Å². The van der Waals surface area contributed by atoms with Crippen LogP contribution in [-0.2, 0) is 16.1 Å². The maximum Gasteiger partial charge on any atom is 0.267 e. The van der Waals surface area contributed by atoms with E-state index in [4.69, 9.17) is 0 Å². The van der Waals surface area contributed by atoms with Crippen LogP contribution >= 0.6 is 11.8 Å². The summed E-state index contributed by atoms with van der Waals surface area (Å²) in [6.07, 6.45) is 5.60. The molecule has 3 N–H and O–H groups in total. The molecule has 1 aromatic rings. The predicted octanol–water partition coefficient (Wildman–Crippen LogP) is 1.00. The molecule has 2 aliphatic heterocycles. The van der Waals surface area contributed by atoms with Crippen molar-refractivity contribution in [3.05, 3.63) is 59.6 Å². The van der Waals surface area contributed by atoms with Crippen molar-refractivity contribution >= 4 is 29.3 Å². The molecule has 30 heavy (non-hydrogen) atoms. The van der Waals surface area contributed by atoms with E-state index in [1.807, 2.05) is 24.3 Å². The van der Waals surface area contributed by atoms with Crippen molar-refractivity contribution in [1.82, 2.24) is 21.0 Å². The zero-order valence-corrected chi connectivity index (χ0v) is 17.4. The Morgan fingerprint density at radius 2 is 2.20 bits per heavy atom. The molecule has 9 heteroatoms. The van der Waals surface area contributed by atoms with Gasteiger partial charge in [-0.1, -0.05) is 24.3 Å². The second kappa shape index (κ2) is 9.01. The molecule has 1 fully saturated rings. The number of carbonyl (C=O) groups excluding carboxylic acids is 2. The minimum Gasteiger partial charge on any atom is -0.354 e. The first-order valence-electron chi connectivity index (χ1n) is 9.88. The molecule has 158 valence electrons. The van der Waals surface area contributed by atoms with Gasteiger partial charge in [-0.3, -0.25) is 14.5 Å². The number of thioether (sulfide) groups is 1. The van der Waals surface area contributed by atoms with Crippen LogP contribution in [0.1, 0.15) is 5.56 Å². The van der Waals surface area contributed by atoms with Crippen molar-refractivity contribution in [2.45, 2.75) is 17.8 Å². The van der Waals surface area contributed by atoms with Gasteiger partial charge in [-0.2, -0.15) is 5.10 Å². The maximum absolute atomic E-state index is 14.0. The predicted molar refractivity (Wildman–Crippen MR) is 115 cm³/mol. The molecule has 0 spiro atoms. The molecule has 0 saturated carbocycles. The summed E-state index contributed by atoms with van der Waals surface area (Å²) in [7, 11) is 1.57. The number of hydrazone groups is 1. The molecule has 1 aromatic carbocycles. The summed E-state index contributed by atoms with van der Waals surface area (Å²) in [6, 6.07) is 6.66. The first-order chi connectivity index (χ1) is 14.5. The van der Waals surface area contributed by atoms with E-state index >= 15 is 0 Å². The van der Waals surface area contributed by atoms with Gasteiger partial charge in [-0.15, -0.1) is 11.8 Å². The zero-order chi connectivity index (χ0) is 21.1. The summed E-state index contributed by atoms with van der Waals surface area (Å²) in [5, 5.41) is 9.44. The summed E-state index contributed by atoms with van der Waals surface area (Å²) < 4.78 is 14.0. The average Bonchev–Trinajstić information content (AvgIpc) is 3.18. The Balaban J connectivity index is 1.38. The van der Waals surface area contributed by atoms with E-state index in [9.17, 15) is 14.0 Å². The van der Waals surface area contributed by atoms with Crippen molar-refractivity contribution < 1.29 is 14.0 Å². The number of amides is 2. The fraction of sp³-hybridized carbons (Fsp3) is 0.381. The van der Waals surface area contributed by atoms with E-state index in [0.717, 1.165) is 12.3 Å². The molecule has 4 rings (SSSR count). The number of carbonyl (C=O) groups is 2. The van der Waals surface area contributed by atoms with Gasteiger partial charge < -0.3 is 16.1 Å². The van der Waals surface area contributed by atoms with Crippen LogP contribution in [0.2, 0.25) is 0 Å². The second-order valence-electron chi connectivity index (χ2n) is 7.41. The number of hydrogen-bond acceptors (Lipinski definition) is 6. The van der Waals surface area contributed by atoms with Gasteiger partial charge in [-0.25, -0.2) is 4.39 Å². The first-order valence-corrected chi connectivity index (χ1v) is 10.9. The minimum atomic E-state index is -0.244. The van der Waals surface area contributed by atoms with Gasteiger partial charge in [0.2, 0.25) is 5.91 Å². The lowest BCUT2D eigenvalue weighted by atomic mass is 9.90. The largest absolute Gasteiger partial charge is 0.354 e. The van der Waals surface area contributed by atoms with Gasteiger partial charge in [0, 0.05) is 43.7 Å². The van der Waals surface area contributed by atoms with E-state index in [1.54, 1.807) is 30.9 Å². The van der Waals surface area contributed by atoms with Gasteiger partial charge in [0.1, 0.15) is 11.5 Å². The van der Waals surface area contributed by atoms with Crippen LogP contribution in [0.4, 0.5) is 4.39 Å². The van der Waals surface area contributed by atoms with Crippen LogP contribution in [0.3, 0.4) is 0 Å². The van der Waals surface area contributed by atoms with E-state index < -0.39 is 0 Å². The maximum atomic E-state index is 14.0. The Morgan fingerprint density at radius 1 is 1.37 bits per heavy atom. The smallest absolute Gasteiger partial charge is 0.267 e. The molecule has 0 radical (unpaired) electrons. The van der Waals surface area contributed by atoms with Crippen molar-refractivity contribution in [2.24, 2.45) is 11.0 Å². The Hall–Kier alpha value is -2.65. The van der Waals surface area contributed by atoms with Crippen LogP contribution in [0.15, 0.2) is 53.3 Å². The first kappa shape index (κ1) is 20.6. The molecule has 2 amide bonds. The standard InChI is InChI=1S/C21H24FN5O2S/c1-23-21(29)19-15-10-14(6-7-17(15)25-26-19)24-20(28)18-12-27(8-9-30-18)11-13-4-2-3-5-16(13)22/h2-7,10,15,17-18,25H,8-9,11-12H2,1H3,(H,23,29)(H,24,28). The molecule has 1 aliphatic carbocycles. The number of rotatable bonds is 5. The van der Waals surface area contributed by atoms with Crippen molar-refractivity contribution in [3.8, 4) is 0 Å². The fourth-order valence-electron chi connectivity index (χ4n) is 3.78. The lowest BCUT2D eigenvalue weighted by molar-refractivity contribution is -0.120. The summed E-state index contributed by atoms with van der Waals surface area (Å²) in [4.78, 5) is 27.0. The number of nitrogens with zero attached hydrogens (tertiary/aromatic N) is 2. The highest BCUT2D eigenvalue weighted by Gasteiger charge is 2.35. The number of halogens is 1. The number of allylic oxidation sites excluding steroid dienone is 1. The van der Waals surface area contributed by atoms with Gasteiger partial charge in [0.05, 0.1) is 17.2 Å². The molecule has 7 nitrogen and oxygen atoms in total. The summed E-state index contributed by atoms with van der Waals surface area (Å²) in [6.45, 7) is 1.86. The van der Waals surface area contributed by atoms with Gasteiger partial charge in [0.25, 0.3) is 5.91 Å². The summed E-state index contributed by atoms with van der Waals surface area (Å²) >= 11 is 1.61. The molecule has 0 aromatic heterocycles. The summed E-state index contributed by atoms with van der Waals surface area (Å²) in [5.41, 5.74) is 4.64. The number of fused-ring (bicyclic) bond motifs is 1. The second-order valence-corrected chi connectivity index (χ2v) is 8.72. The third-order valence-corrected chi connectivity index (χ3v) is 6.58. The van der Waals surface area contributed by atoms with Crippen LogP contribution < -0.4 is 16.1 Å². The third-order valence-electron chi connectivity index (χ3n) is 5.40. The van der Waals surface area contributed by atoms with Crippen LogP contribution in [0.25, 0.3) is 0 Å². The fourth-order valence-corrected chi connectivity index (χ4v) is 4.95. The zero-order valence-electron chi connectivity index (χ0n) is 16.6. The number of nitrogens with one attached hydrogen (secondary N) is 3. The molecular weight excluding hydrogens is 405 g/mol. The van der Waals surface area contributed by atoms with Crippen molar-refractivity contribution in [1.29, 1.82) is 0 Å². The molecule has 3 unspecified atom stereocenters. The van der Waals surface area contributed by atoms with Crippen LogP contribution in [0.5, 0.6) is 0 Å². The average molecular weight is 430 g/mol. The van der Waals surface area contributed by atoms with Gasteiger partial charge >= 0.3 is 0 Å².